The van der Waals surface area contributed by atoms with Gasteiger partial charge in [0.2, 0.25) is 5.91 Å². The van der Waals surface area contributed by atoms with Crippen molar-refractivity contribution in [1.29, 1.82) is 0 Å². The molecule has 1 fully saturated rings. The van der Waals surface area contributed by atoms with Crippen LogP contribution in [0.1, 0.15) is 11.1 Å². The Hall–Kier alpha value is -2.86. The molecule has 2 aromatic rings. The number of rotatable bonds is 4. The van der Waals surface area contributed by atoms with Crippen LogP contribution < -0.4 is 5.32 Å². The summed E-state index contributed by atoms with van der Waals surface area (Å²) in [7, 11) is 0. The Bertz CT molecular complexity index is 862. The number of benzene rings is 2. The van der Waals surface area contributed by atoms with Crippen LogP contribution in [0.5, 0.6) is 0 Å². The normalized spacial score (nSPS) is 15.7. The van der Waals surface area contributed by atoms with Gasteiger partial charge in [0, 0.05) is 5.69 Å². The van der Waals surface area contributed by atoms with Crippen LogP contribution in [0.3, 0.4) is 0 Å². The van der Waals surface area contributed by atoms with Gasteiger partial charge in [0.15, 0.2) is 0 Å². The number of aryl methyl sites for hydroxylation is 1. The molecule has 0 spiro atoms. The highest BCUT2D eigenvalue weighted by Crippen LogP contribution is 2.32. The van der Waals surface area contributed by atoms with Crippen molar-refractivity contribution in [2.45, 2.75) is 6.92 Å². The van der Waals surface area contributed by atoms with E-state index in [-0.39, 0.29) is 6.54 Å². The molecule has 1 heterocycles. The van der Waals surface area contributed by atoms with Gasteiger partial charge in [-0.2, -0.15) is 0 Å². The largest absolute Gasteiger partial charge is 0.324 e. The van der Waals surface area contributed by atoms with E-state index in [9.17, 15) is 14.4 Å². The van der Waals surface area contributed by atoms with Crippen LogP contribution in [0, 0.1) is 6.92 Å². The Balaban J connectivity index is 1.70. The summed E-state index contributed by atoms with van der Waals surface area (Å²) in [5.41, 5.74) is 2.41. The van der Waals surface area contributed by atoms with E-state index in [0.717, 1.165) is 27.8 Å². The third kappa shape index (κ3) is 3.97. The van der Waals surface area contributed by atoms with E-state index < -0.39 is 17.1 Å². The predicted molar refractivity (Wildman–Crippen MR) is 98.9 cm³/mol. The molecule has 3 amide bonds. The average Bonchev–Trinajstić information content (AvgIpc) is 2.85. The number of nitrogens with one attached hydrogen (secondary N) is 1. The minimum atomic E-state index is -0.446. The predicted octanol–water partition coefficient (Wildman–Crippen LogP) is 3.67. The molecule has 1 aliphatic heterocycles. The maximum atomic E-state index is 12.4. The SMILES string of the molecule is Cc1ccccc1NC(=O)CN1C(=O)S/C(=C/c2ccccc2)C1=O. The van der Waals surface area contributed by atoms with Gasteiger partial charge in [0.1, 0.15) is 6.54 Å². The molecule has 25 heavy (non-hydrogen) atoms. The van der Waals surface area contributed by atoms with Crippen LogP contribution >= 0.6 is 11.8 Å². The number of para-hydroxylation sites is 1. The molecule has 1 aliphatic rings. The molecule has 0 unspecified atom stereocenters. The van der Waals surface area contributed by atoms with Gasteiger partial charge in [0.25, 0.3) is 11.1 Å². The minimum absolute atomic E-state index is 0.300. The molecule has 0 saturated carbocycles. The first kappa shape index (κ1) is 17.0. The first-order valence-corrected chi connectivity index (χ1v) is 8.52. The molecule has 0 aromatic heterocycles. The molecule has 1 saturated heterocycles. The highest BCUT2D eigenvalue weighted by atomic mass is 32.2. The summed E-state index contributed by atoms with van der Waals surface area (Å²) in [6.45, 7) is 1.57. The third-order valence-corrected chi connectivity index (χ3v) is 4.60. The summed E-state index contributed by atoms with van der Waals surface area (Å²) in [6, 6.07) is 16.6. The van der Waals surface area contributed by atoms with Crippen LogP contribution in [0.25, 0.3) is 6.08 Å². The Kier molecular flexibility index (Phi) is 5.00. The Labute approximate surface area is 149 Å². The Morgan fingerprint density at radius 2 is 1.76 bits per heavy atom. The summed E-state index contributed by atoms with van der Waals surface area (Å²) in [4.78, 5) is 38.0. The van der Waals surface area contributed by atoms with E-state index in [1.54, 1.807) is 12.1 Å². The van der Waals surface area contributed by atoms with Crippen molar-refractivity contribution in [3.05, 3.63) is 70.6 Å². The smallest absolute Gasteiger partial charge is 0.294 e. The quantitative estimate of drug-likeness (QED) is 0.853. The number of carbonyl (C=O) groups is 3. The van der Waals surface area contributed by atoms with Crippen molar-refractivity contribution < 1.29 is 14.4 Å². The van der Waals surface area contributed by atoms with Crippen molar-refractivity contribution in [2.24, 2.45) is 0 Å². The lowest BCUT2D eigenvalue weighted by molar-refractivity contribution is -0.127. The van der Waals surface area contributed by atoms with E-state index in [0.29, 0.717) is 10.6 Å². The zero-order chi connectivity index (χ0) is 17.8. The lowest BCUT2D eigenvalue weighted by atomic mass is 10.2. The van der Waals surface area contributed by atoms with Gasteiger partial charge in [-0.1, -0.05) is 48.5 Å². The van der Waals surface area contributed by atoms with Crippen LogP contribution in [0.4, 0.5) is 10.5 Å². The van der Waals surface area contributed by atoms with Crippen molar-refractivity contribution in [2.75, 3.05) is 11.9 Å². The van der Waals surface area contributed by atoms with Crippen LogP contribution in [-0.4, -0.2) is 28.5 Å². The minimum Gasteiger partial charge on any atom is -0.324 e. The highest BCUT2D eigenvalue weighted by molar-refractivity contribution is 8.18. The fourth-order valence-electron chi connectivity index (χ4n) is 2.38. The number of hydrogen-bond acceptors (Lipinski definition) is 4. The maximum Gasteiger partial charge on any atom is 0.294 e. The number of anilines is 1. The molecule has 0 atom stereocenters. The number of hydrogen-bond donors (Lipinski definition) is 1. The summed E-state index contributed by atoms with van der Waals surface area (Å²) < 4.78 is 0. The molecular formula is C19H16N2O3S. The van der Waals surface area contributed by atoms with Gasteiger partial charge in [-0.3, -0.25) is 19.3 Å². The third-order valence-electron chi connectivity index (χ3n) is 3.69. The van der Waals surface area contributed by atoms with E-state index in [2.05, 4.69) is 5.32 Å². The van der Waals surface area contributed by atoms with Gasteiger partial charge in [-0.25, -0.2) is 0 Å². The lowest BCUT2D eigenvalue weighted by Crippen LogP contribution is -2.36. The van der Waals surface area contributed by atoms with Crippen molar-refractivity contribution in [3.8, 4) is 0 Å². The van der Waals surface area contributed by atoms with Gasteiger partial charge < -0.3 is 5.32 Å². The molecule has 0 aliphatic carbocycles. The Morgan fingerprint density at radius 1 is 1.08 bits per heavy atom. The summed E-state index contributed by atoms with van der Waals surface area (Å²) in [5, 5.41) is 2.29. The monoisotopic (exact) mass is 352 g/mol. The number of amides is 3. The van der Waals surface area contributed by atoms with E-state index in [1.807, 2.05) is 55.5 Å². The average molecular weight is 352 g/mol. The van der Waals surface area contributed by atoms with Gasteiger partial charge in [-0.15, -0.1) is 0 Å². The van der Waals surface area contributed by atoms with Crippen molar-refractivity contribution in [1.82, 2.24) is 4.90 Å². The summed E-state index contributed by atoms with van der Waals surface area (Å²) in [6.07, 6.45) is 1.66. The molecule has 3 rings (SSSR count). The number of imide groups is 1. The standard InChI is InChI=1S/C19H16N2O3S/c1-13-7-5-6-10-15(13)20-17(22)12-21-18(23)16(25-19(21)24)11-14-8-3-2-4-9-14/h2-11H,12H2,1H3,(H,20,22)/b16-11+. The molecule has 6 heteroatoms. The van der Waals surface area contributed by atoms with Crippen molar-refractivity contribution >= 4 is 40.6 Å². The Morgan fingerprint density at radius 3 is 2.48 bits per heavy atom. The maximum absolute atomic E-state index is 12.4. The first-order chi connectivity index (χ1) is 12.0. The van der Waals surface area contributed by atoms with Gasteiger partial charge in [0.05, 0.1) is 4.91 Å². The fourth-order valence-corrected chi connectivity index (χ4v) is 3.22. The van der Waals surface area contributed by atoms with Crippen LogP contribution in [-0.2, 0) is 9.59 Å². The van der Waals surface area contributed by atoms with Crippen molar-refractivity contribution in [3.63, 3.8) is 0 Å². The molecule has 2 aromatic carbocycles. The second kappa shape index (κ2) is 7.36. The zero-order valence-corrected chi connectivity index (χ0v) is 14.4. The van der Waals surface area contributed by atoms with E-state index in [4.69, 9.17) is 0 Å². The summed E-state index contributed by atoms with van der Waals surface area (Å²) >= 11 is 0.847. The number of carbonyl (C=O) groups excluding carboxylic acids is 3. The highest BCUT2D eigenvalue weighted by Gasteiger charge is 2.36. The molecule has 5 nitrogen and oxygen atoms in total. The molecule has 126 valence electrons. The van der Waals surface area contributed by atoms with Crippen LogP contribution in [0.2, 0.25) is 0 Å². The van der Waals surface area contributed by atoms with E-state index >= 15 is 0 Å². The zero-order valence-electron chi connectivity index (χ0n) is 13.6. The molecule has 0 bridgehead atoms. The number of thioether (sulfide) groups is 1. The molecule has 0 radical (unpaired) electrons. The van der Waals surface area contributed by atoms with Gasteiger partial charge >= 0.3 is 0 Å². The molecule has 1 N–H and O–H groups in total. The van der Waals surface area contributed by atoms with E-state index in [1.165, 1.54) is 0 Å². The lowest BCUT2D eigenvalue weighted by Gasteiger charge is -2.13. The second-order valence-electron chi connectivity index (χ2n) is 5.54. The van der Waals surface area contributed by atoms with Gasteiger partial charge in [-0.05, 0) is 42.0 Å². The van der Waals surface area contributed by atoms with Crippen LogP contribution in [0.15, 0.2) is 59.5 Å². The topological polar surface area (TPSA) is 66.5 Å². The molecular weight excluding hydrogens is 336 g/mol. The first-order valence-electron chi connectivity index (χ1n) is 7.70. The second-order valence-corrected chi connectivity index (χ2v) is 6.53. The number of nitrogens with zero attached hydrogens (tertiary/aromatic N) is 1. The summed E-state index contributed by atoms with van der Waals surface area (Å²) in [5.74, 6) is -0.851. The fraction of sp³-hybridized carbons (Fsp3) is 0.105.